The molecule has 3 N–H and O–H groups in total. The van der Waals surface area contributed by atoms with Crippen molar-refractivity contribution in [2.45, 2.75) is 52.1 Å². The summed E-state index contributed by atoms with van der Waals surface area (Å²) in [5, 5.41) is 5.25. The second-order valence-corrected chi connectivity index (χ2v) is 7.26. The van der Waals surface area contributed by atoms with E-state index in [1.807, 2.05) is 25.1 Å². The minimum atomic E-state index is -0.101. The van der Waals surface area contributed by atoms with E-state index in [1.165, 1.54) is 19.3 Å². The second kappa shape index (κ2) is 7.43. The molecule has 4 atom stereocenters. The van der Waals surface area contributed by atoms with Gasteiger partial charge in [0.1, 0.15) is 13.2 Å². The Morgan fingerprint density at radius 3 is 2.75 bits per heavy atom. The molecule has 5 heteroatoms. The van der Waals surface area contributed by atoms with E-state index < -0.39 is 0 Å². The molecule has 0 bridgehead atoms. The van der Waals surface area contributed by atoms with Crippen molar-refractivity contribution >= 4 is 11.6 Å². The monoisotopic (exact) mass is 333 g/mol. The van der Waals surface area contributed by atoms with E-state index >= 15 is 0 Å². The van der Waals surface area contributed by atoms with Crippen molar-refractivity contribution in [1.29, 1.82) is 0 Å². The number of hydrogen-bond acceptors (Lipinski definition) is 3. The van der Waals surface area contributed by atoms with Gasteiger partial charge in [-0.1, -0.05) is 13.8 Å². The van der Waals surface area contributed by atoms with E-state index in [2.05, 4.69) is 24.5 Å². The van der Waals surface area contributed by atoms with Gasteiger partial charge < -0.3 is 20.1 Å². The largest absolute Gasteiger partial charge is 0.486 e. The number of nitrogens with two attached hydrogens (primary N) is 1. The molecule has 3 rings (SSSR count). The van der Waals surface area contributed by atoms with Gasteiger partial charge in [-0.25, -0.2) is 0 Å². The SMILES string of the molecule is C[C@@H]1[C@H](C)CCC[C@@H]1[NH2+][C@@H](C)C(=O)Nc1ccc2c(c1)OCCO2. The summed E-state index contributed by atoms with van der Waals surface area (Å²) in [6, 6.07) is 5.99. The van der Waals surface area contributed by atoms with E-state index in [0.717, 1.165) is 17.4 Å². The number of ether oxygens (including phenoxy) is 2. The Morgan fingerprint density at radius 1 is 1.21 bits per heavy atom. The van der Waals surface area contributed by atoms with Crippen LogP contribution in [0.1, 0.15) is 40.0 Å². The van der Waals surface area contributed by atoms with Gasteiger partial charge in [0.25, 0.3) is 5.91 Å². The molecule has 5 nitrogen and oxygen atoms in total. The number of anilines is 1. The molecule has 0 radical (unpaired) electrons. The Labute approximate surface area is 144 Å². The van der Waals surface area contributed by atoms with Crippen LogP contribution in [-0.2, 0) is 4.79 Å². The molecule has 2 aliphatic rings. The normalized spacial score (nSPS) is 27.4. The van der Waals surface area contributed by atoms with Crippen LogP contribution >= 0.6 is 0 Å². The van der Waals surface area contributed by atoms with Gasteiger partial charge in [-0.15, -0.1) is 0 Å². The van der Waals surface area contributed by atoms with Gasteiger partial charge >= 0.3 is 0 Å². The number of fused-ring (bicyclic) bond motifs is 1. The molecule has 1 aliphatic carbocycles. The maximum absolute atomic E-state index is 12.5. The fourth-order valence-electron chi connectivity index (χ4n) is 3.73. The Hall–Kier alpha value is -1.75. The molecule has 1 aromatic carbocycles. The molecule has 1 aromatic rings. The van der Waals surface area contributed by atoms with Gasteiger partial charge in [-0.2, -0.15) is 0 Å². The van der Waals surface area contributed by atoms with E-state index in [-0.39, 0.29) is 11.9 Å². The fourth-order valence-corrected chi connectivity index (χ4v) is 3.73. The lowest BCUT2D eigenvalue weighted by Gasteiger charge is -2.33. The third kappa shape index (κ3) is 3.83. The number of hydrogen-bond donors (Lipinski definition) is 2. The van der Waals surface area contributed by atoms with Crippen molar-refractivity contribution in [2.75, 3.05) is 18.5 Å². The highest BCUT2D eigenvalue weighted by Crippen LogP contribution is 2.32. The number of nitrogens with one attached hydrogen (secondary N) is 1. The van der Waals surface area contributed by atoms with Crippen molar-refractivity contribution in [3.05, 3.63) is 18.2 Å². The molecule has 1 amide bonds. The number of benzene rings is 1. The van der Waals surface area contributed by atoms with Crippen LogP contribution in [0.3, 0.4) is 0 Å². The van der Waals surface area contributed by atoms with E-state index in [0.29, 0.717) is 30.9 Å². The highest BCUT2D eigenvalue weighted by molar-refractivity contribution is 5.93. The van der Waals surface area contributed by atoms with Crippen LogP contribution in [0.2, 0.25) is 0 Å². The smallest absolute Gasteiger partial charge is 0.282 e. The summed E-state index contributed by atoms with van der Waals surface area (Å²) in [5.74, 6) is 2.88. The predicted molar refractivity (Wildman–Crippen MR) is 93.4 cm³/mol. The number of amides is 1. The van der Waals surface area contributed by atoms with Crippen molar-refractivity contribution in [1.82, 2.24) is 0 Å². The first kappa shape index (κ1) is 17.1. The van der Waals surface area contributed by atoms with E-state index in [9.17, 15) is 4.79 Å². The van der Waals surface area contributed by atoms with Crippen LogP contribution in [0.15, 0.2) is 18.2 Å². The molecule has 0 unspecified atom stereocenters. The molecule has 132 valence electrons. The number of carbonyl (C=O) groups is 1. The predicted octanol–water partition coefficient (Wildman–Crippen LogP) is 2.17. The fraction of sp³-hybridized carbons (Fsp3) is 0.632. The van der Waals surface area contributed by atoms with Crippen LogP contribution in [0.25, 0.3) is 0 Å². The number of rotatable bonds is 4. The molecule has 24 heavy (non-hydrogen) atoms. The van der Waals surface area contributed by atoms with E-state index in [1.54, 1.807) is 0 Å². The Kier molecular flexibility index (Phi) is 5.29. The summed E-state index contributed by atoms with van der Waals surface area (Å²) in [6.07, 6.45) is 3.78. The zero-order valence-corrected chi connectivity index (χ0v) is 14.9. The lowest BCUT2D eigenvalue weighted by Crippen LogP contribution is -2.97. The van der Waals surface area contributed by atoms with Crippen molar-refractivity contribution in [3.63, 3.8) is 0 Å². The summed E-state index contributed by atoms with van der Waals surface area (Å²) >= 11 is 0. The molecule has 0 aromatic heterocycles. The number of quaternary nitrogens is 1. The number of carbonyl (C=O) groups excluding carboxylic acids is 1. The topological polar surface area (TPSA) is 64.2 Å². The molecule has 0 spiro atoms. The van der Waals surface area contributed by atoms with Crippen molar-refractivity contribution < 1.29 is 19.6 Å². The summed E-state index contributed by atoms with van der Waals surface area (Å²) < 4.78 is 11.1. The minimum absolute atomic E-state index is 0.0390. The summed E-state index contributed by atoms with van der Waals surface area (Å²) in [6.45, 7) is 7.75. The van der Waals surface area contributed by atoms with Gasteiger partial charge in [0.2, 0.25) is 0 Å². The molecular weight excluding hydrogens is 304 g/mol. The average molecular weight is 333 g/mol. The third-order valence-corrected chi connectivity index (χ3v) is 5.53. The first-order valence-electron chi connectivity index (χ1n) is 9.10. The average Bonchev–Trinajstić information content (AvgIpc) is 2.58. The van der Waals surface area contributed by atoms with Gasteiger partial charge in [0, 0.05) is 17.7 Å². The van der Waals surface area contributed by atoms with Crippen LogP contribution in [-0.4, -0.2) is 31.2 Å². The zero-order chi connectivity index (χ0) is 17.1. The first-order chi connectivity index (χ1) is 11.5. The molecule has 1 saturated carbocycles. The third-order valence-electron chi connectivity index (χ3n) is 5.53. The quantitative estimate of drug-likeness (QED) is 0.888. The molecular formula is C19H29N2O3+. The lowest BCUT2D eigenvalue weighted by atomic mass is 9.78. The summed E-state index contributed by atoms with van der Waals surface area (Å²) in [4.78, 5) is 12.5. The van der Waals surface area contributed by atoms with Crippen molar-refractivity contribution in [3.8, 4) is 11.5 Å². The minimum Gasteiger partial charge on any atom is -0.486 e. The highest BCUT2D eigenvalue weighted by atomic mass is 16.6. The Balaban J connectivity index is 1.58. The lowest BCUT2D eigenvalue weighted by molar-refractivity contribution is -0.715. The maximum Gasteiger partial charge on any atom is 0.282 e. The van der Waals surface area contributed by atoms with Crippen molar-refractivity contribution in [2.24, 2.45) is 11.8 Å². The Morgan fingerprint density at radius 2 is 1.96 bits per heavy atom. The first-order valence-corrected chi connectivity index (χ1v) is 9.10. The molecule has 0 saturated heterocycles. The van der Waals surface area contributed by atoms with Gasteiger partial charge in [-0.3, -0.25) is 4.79 Å². The van der Waals surface area contributed by atoms with Gasteiger partial charge in [-0.05, 0) is 44.2 Å². The molecule has 1 aliphatic heterocycles. The second-order valence-electron chi connectivity index (χ2n) is 7.26. The van der Waals surface area contributed by atoms with E-state index in [4.69, 9.17) is 9.47 Å². The standard InChI is InChI=1S/C19H28N2O3/c1-12-5-4-6-16(13(12)2)20-14(3)19(22)21-15-7-8-17-18(11-15)24-10-9-23-17/h7-8,11-14,16,20H,4-6,9-10H2,1-3H3,(H,21,22)/p+1/t12-,13-,14+,16+/m1/s1. The highest BCUT2D eigenvalue weighted by Gasteiger charge is 2.32. The molecule has 1 fully saturated rings. The van der Waals surface area contributed by atoms with Crippen LogP contribution < -0.4 is 20.1 Å². The zero-order valence-electron chi connectivity index (χ0n) is 14.9. The summed E-state index contributed by atoms with van der Waals surface area (Å²) in [5.41, 5.74) is 0.759. The van der Waals surface area contributed by atoms with Gasteiger partial charge in [0.05, 0.1) is 6.04 Å². The maximum atomic E-state index is 12.5. The van der Waals surface area contributed by atoms with Crippen LogP contribution in [0.4, 0.5) is 5.69 Å². The van der Waals surface area contributed by atoms with Crippen LogP contribution in [0, 0.1) is 11.8 Å². The van der Waals surface area contributed by atoms with Crippen LogP contribution in [0.5, 0.6) is 11.5 Å². The summed E-state index contributed by atoms with van der Waals surface area (Å²) in [7, 11) is 0. The molecule has 1 heterocycles. The Bertz CT molecular complexity index is 590. The van der Waals surface area contributed by atoms with Gasteiger partial charge in [0.15, 0.2) is 17.5 Å².